The maximum absolute atomic E-state index is 13.2. The Kier molecular flexibility index (Phi) is 5.71. The van der Waals surface area contributed by atoms with Gasteiger partial charge in [0.25, 0.3) is 5.56 Å². The van der Waals surface area contributed by atoms with Crippen molar-refractivity contribution in [3.63, 3.8) is 0 Å². The van der Waals surface area contributed by atoms with Crippen LogP contribution in [0.1, 0.15) is 31.4 Å². The van der Waals surface area contributed by atoms with Crippen LogP contribution >= 0.6 is 11.6 Å². The Balaban J connectivity index is 2.18. The zero-order valence-electron chi connectivity index (χ0n) is 14.7. The van der Waals surface area contributed by atoms with Gasteiger partial charge < -0.3 is 10.4 Å². The molecule has 0 saturated carbocycles. The highest BCUT2D eigenvalue weighted by Gasteiger charge is 2.20. The molecule has 2 heterocycles. The number of pyridine rings is 1. The van der Waals surface area contributed by atoms with E-state index in [1.807, 2.05) is 37.3 Å². The molecule has 1 aromatic carbocycles. The fraction of sp³-hybridized carbons (Fsp3) is 0.263. The van der Waals surface area contributed by atoms with E-state index in [0.717, 1.165) is 5.56 Å². The van der Waals surface area contributed by atoms with Crippen LogP contribution in [0.25, 0.3) is 11.2 Å². The molecule has 0 aliphatic carbocycles. The van der Waals surface area contributed by atoms with Crippen molar-refractivity contribution in [2.45, 2.75) is 25.8 Å². The minimum absolute atomic E-state index is 0.0993. The summed E-state index contributed by atoms with van der Waals surface area (Å²) in [6, 6.07) is 12.7. The molecule has 7 nitrogen and oxygen atoms in total. The number of carboxylic acid groups (broad SMARTS) is 1. The number of nitrogens with one attached hydrogen (secondary N) is 1. The first-order chi connectivity index (χ1) is 13.0. The first-order valence-corrected chi connectivity index (χ1v) is 8.98. The lowest BCUT2D eigenvalue weighted by Crippen LogP contribution is -2.30. The predicted molar refractivity (Wildman–Crippen MR) is 104 cm³/mol. The Bertz CT molecular complexity index is 1020. The monoisotopic (exact) mass is 386 g/mol. The summed E-state index contributed by atoms with van der Waals surface area (Å²) in [5, 5.41) is 11.9. The molecule has 0 radical (unpaired) electrons. The number of anilines is 1. The maximum atomic E-state index is 13.2. The van der Waals surface area contributed by atoms with Gasteiger partial charge in [-0.05, 0) is 24.1 Å². The van der Waals surface area contributed by atoms with Gasteiger partial charge in [-0.3, -0.25) is 14.2 Å². The van der Waals surface area contributed by atoms with E-state index in [-0.39, 0.29) is 35.5 Å². The lowest BCUT2D eigenvalue weighted by atomic mass is 10.0. The summed E-state index contributed by atoms with van der Waals surface area (Å²) >= 11 is 6.06. The zero-order chi connectivity index (χ0) is 19.4. The molecule has 1 atom stereocenters. The van der Waals surface area contributed by atoms with Gasteiger partial charge in [0.2, 0.25) is 0 Å². The van der Waals surface area contributed by atoms with Crippen molar-refractivity contribution in [3.05, 3.63) is 63.5 Å². The number of rotatable bonds is 7. The average molecular weight is 387 g/mol. The van der Waals surface area contributed by atoms with Gasteiger partial charge in [-0.15, -0.1) is 0 Å². The highest BCUT2D eigenvalue weighted by Crippen LogP contribution is 2.25. The molecule has 0 fully saturated rings. The van der Waals surface area contributed by atoms with Crippen molar-refractivity contribution in [2.75, 3.05) is 11.9 Å². The van der Waals surface area contributed by atoms with E-state index in [4.69, 9.17) is 16.7 Å². The Morgan fingerprint density at radius 2 is 1.96 bits per heavy atom. The third-order valence-corrected chi connectivity index (χ3v) is 4.43. The van der Waals surface area contributed by atoms with Crippen molar-refractivity contribution in [1.82, 2.24) is 14.5 Å². The van der Waals surface area contributed by atoms with E-state index >= 15 is 0 Å². The summed E-state index contributed by atoms with van der Waals surface area (Å²) in [4.78, 5) is 32.6. The van der Waals surface area contributed by atoms with Gasteiger partial charge in [0, 0.05) is 6.54 Å². The molecule has 0 spiro atoms. The van der Waals surface area contributed by atoms with Gasteiger partial charge >= 0.3 is 5.97 Å². The van der Waals surface area contributed by atoms with Gasteiger partial charge in [0.1, 0.15) is 10.7 Å². The first kappa shape index (κ1) is 18.8. The molecular formula is C19H19ClN4O3. The molecule has 2 aromatic heterocycles. The first-order valence-electron chi connectivity index (χ1n) is 8.60. The van der Waals surface area contributed by atoms with Crippen LogP contribution < -0.4 is 10.9 Å². The highest BCUT2D eigenvalue weighted by atomic mass is 35.5. The number of halogens is 1. The lowest BCUT2D eigenvalue weighted by molar-refractivity contribution is -0.136. The number of carboxylic acids is 1. The number of nitrogens with zero attached hydrogens (tertiary/aromatic N) is 3. The molecule has 3 aromatic rings. The van der Waals surface area contributed by atoms with Crippen molar-refractivity contribution in [1.29, 1.82) is 0 Å². The molecule has 140 valence electrons. The van der Waals surface area contributed by atoms with E-state index < -0.39 is 5.97 Å². The molecule has 3 rings (SSSR count). The maximum Gasteiger partial charge on any atom is 0.305 e. The highest BCUT2D eigenvalue weighted by molar-refractivity contribution is 6.29. The third-order valence-electron chi connectivity index (χ3n) is 4.22. The minimum atomic E-state index is -0.951. The van der Waals surface area contributed by atoms with E-state index in [1.165, 1.54) is 0 Å². The van der Waals surface area contributed by atoms with Gasteiger partial charge in [0.15, 0.2) is 11.5 Å². The SMILES string of the molecule is CCC(c1ccccc1)n1c(=O)c(NCCC(=O)O)nc2ccc(Cl)nc21. The fourth-order valence-electron chi connectivity index (χ4n) is 3.00. The van der Waals surface area contributed by atoms with E-state index in [9.17, 15) is 9.59 Å². The van der Waals surface area contributed by atoms with E-state index in [0.29, 0.717) is 17.6 Å². The second-order valence-corrected chi connectivity index (χ2v) is 6.40. The molecule has 2 N–H and O–H groups in total. The zero-order valence-corrected chi connectivity index (χ0v) is 15.5. The number of hydrogen-bond acceptors (Lipinski definition) is 5. The molecule has 8 heteroatoms. The van der Waals surface area contributed by atoms with Crippen LogP contribution in [0.15, 0.2) is 47.3 Å². The smallest absolute Gasteiger partial charge is 0.305 e. The predicted octanol–water partition coefficient (Wildman–Crippen LogP) is 3.33. The largest absolute Gasteiger partial charge is 0.481 e. The molecule has 27 heavy (non-hydrogen) atoms. The summed E-state index contributed by atoms with van der Waals surface area (Å²) in [6.45, 7) is 2.09. The minimum Gasteiger partial charge on any atom is -0.481 e. The third kappa shape index (κ3) is 4.09. The summed E-state index contributed by atoms with van der Waals surface area (Å²) in [7, 11) is 0. The average Bonchev–Trinajstić information content (AvgIpc) is 2.65. The van der Waals surface area contributed by atoms with E-state index in [1.54, 1.807) is 16.7 Å². The van der Waals surface area contributed by atoms with E-state index in [2.05, 4.69) is 15.3 Å². The van der Waals surface area contributed by atoms with Crippen LogP contribution in [-0.2, 0) is 4.79 Å². The number of benzene rings is 1. The lowest BCUT2D eigenvalue weighted by Gasteiger charge is -2.21. The van der Waals surface area contributed by atoms with Crippen molar-refractivity contribution >= 4 is 34.6 Å². The van der Waals surface area contributed by atoms with Crippen LogP contribution in [0.2, 0.25) is 5.15 Å². The Labute approximate surface area is 160 Å². The van der Waals surface area contributed by atoms with Crippen LogP contribution in [-0.4, -0.2) is 32.2 Å². The molecule has 0 saturated heterocycles. The molecule has 0 aliphatic rings. The van der Waals surface area contributed by atoms with Crippen molar-refractivity contribution < 1.29 is 9.90 Å². The van der Waals surface area contributed by atoms with Gasteiger partial charge in [-0.25, -0.2) is 9.97 Å². The summed E-state index contributed by atoms with van der Waals surface area (Å²) in [5.41, 5.74) is 1.50. The number of fused-ring (bicyclic) bond motifs is 1. The van der Waals surface area contributed by atoms with Gasteiger partial charge in [0.05, 0.1) is 12.5 Å². The second-order valence-electron chi connectivity index (χ2n) is 6.02. The van der Waals surface area contributed by atoms with Crippen LogP contribution in [0.4, 0.5) is 5.82 Å². The summed E-state index contributed by atoms with van der Waals surface area (Å²) in [5.74, 6) is -0.852. The Morgan fingerprint density at radius 1 is 1.22 bits per heavy atom. The molecule has 0 aliphatic heterocycles. The molecular weight excluding hydrogens is 368 g/mol. The second kappa shape index (κ2) is 8.18. The Morgan fingerprint density at radius 3 is 2.63 bits per heavy atom. The van der Waals surface area contributed by atoms with Gasteiger partial charge in [-0.1, -0.05) is 48.9 Å². The summed E-state index contributed by atoms with van der Waals surface area (Å²) < 4.78 is 1.58. The molecule has 1 unspecified atom stereocenters. The number of aromatic nitrogens is 3. The van der Waals surface area contributed by atoms with Crippen molar-refractivity contribution in [3.8, 4) is 0 Å². The van der Waals surface area contributed by atoms with Crippen LogP contribution in [0.3, 0.4) is 0 Å². The van der Waals surface area contributed by atoms with Crippen molar-refractivity contribution in [2.24, 2.45) is 0 Å². The Hall–Kier alpha value is -2.93. The van der Waals surface area contributed by atoms with Gasteiger partial charge in [-0.2, -0.15) is 0 Å². The van der Waals surface area contributed by atoms with Crippen LogP contribution in [0.5, 0.6) is 0 Å². The topological polar surface area (TPSA) is 97.1 Å². The quantitative estimate of drug-likeness (QED) is 0.604. The standard InChI is InChI=1S/C19H19ClN4O3/c1-2-14(12-6-4-3-5-7-12)24-18-13(8-9-15(20)23-18)22-17(19(24)27)21-11-10-16(25)26/h3-9,14H,2,10-11H2,1H3,(H,21,22)(H,25,26). The number of carbonyl (C=O) groups is 1. The number of hydrogen-bond donors (Lipinski definition) is 2. The summed E-state index contributed by atoms with van der Waals surface area (Å²) in [6.07, 6.45) is 0.541. The molecule has 0 amide bonds. The fourth-order valence-corrected chi connectivity index (χ4v) is 3.14. The molecule has 0 bridgehead atoms. The van der Waals surface area contributed by atoms with Crippen LogP contribution in [0, 0.1) is 0 Å². The number of aliphatic carboxylic acids is 1. The normalized spacial score (nSPS) is 12.1.